The molecular formula is C16H9Cl2FN2O2. The lowest BCUT2D eigenvalue weighted by atomic mass is 10.1. The monoisotopic (exact) mass is 350 g/mol. The van der Waals surface area contributed by atoms with Crippen molar-refractivity contribution in [3.63, 3.8) is 0 Å². The van der Waals surface area contributed by atoms with Crippen molar-refractivity contribution in [3.05, 3.63) is 74.2 Å². The lowest BCUT2D eigenvalue weighted by Gasteiger charge is -2.07. The quantitative estimate of drug-likeness (QED) is 0.726. The summed E-state index contributed by atoms with van der Waals surface area (Å²) in [6.07, 6.45) is 0. The molecule has 3 aromatic rings. The minimum Gasteiger partial charge on any atom is -0.322 e. The van der Waals surface area contributed by atoms with Gasteiger partial charge >= 0.3 is 0 Å². The molecule has 7 heteroatoms. The summed E-state index contributed by atoms with van der Waals surface area (Å²) in [5, 5.41) is 3.81. The van der Waals surface area contributed by atoms with Gasteiger partial charge in [0, 0.05) is 15.7 Å². The minimum atomic E-state index is -0.617. The van der Waals surface area contributed by atoms with E-state index in [1.54, 1.807) is 0 Å². The highest BCUT2D eigenvalue weighted by molar-refractivity contribution is 6.35. The number of hydrogen-bond acceptors (Lipinski definition) is 2. The maximum Gasteiger partial charge on any atom is 0.261 e. The van der Waals surface area contributed by atoms with E-state index in [0.29, 0.717) is 26.6 Å². The number of rotatable bonds is 2. The Morgan fingerprint density at radius 1 is 1.04 bits per heavy atom. The van der Waals surface area contributed by atoms with Crippen molar-refractivity contribution in [2.75, 3.05) is 5.32 Å². The number of hydrogen-bond donors (Lipinski definition) is 2. The topological polar surface area (TPSA) is 62.0 Å². The minimum absolute atomic E-state index is 0.0970. The van der Waals surface area contributed by atoms with Crippen molar-refractivity contribution >= 4 is 45.7 Å². The molecule has 0 saturated heterocycles. The Bertz CT molecular complexity index is 965. The predicted octanol–water partition coefficient (Wildman–Crippen LogP) is 4.23. The molecule has 2 N–H and O–H groups in total. The summed E-state index contributed by atoms with van der Waals surface area (Å²) in [7, 11) is 0. The number of aromatic nitrogens is 1. The molecule has 0 radical (unpaired) electrons. The first-order valence-electron chi connectivity index (χ1n) is 6.52. The van der Waals surface area contributed by atoms with Gasteiger partial charge in [-0.25, -0.2) is 4.39 Å². The molecule has 2 aromatic carbocycles. The molecule has 116 valence electrons. The molecule has 1 aromatic heterocycles. The third-order valence-electron chi connectivity index (χ3n) is 3.17. The molecule has 1 amide bonds. The Labute approximate surface area is 139 Å². The van der Waals surface area contributed by atoms with Crippen LogP contribution in [0.5, 0.6) is 0 Å². The van der Waals surface area contributed by atoms with Crippen LogP contribution in [0.1, 0.15) is 10.4 Å². The van der Waals surface area contributed by atoms with E-state index in [2.05, 4.69) is 10.3 Å². The highest BCUT2D eigenvalue weighted by atomic mass is 35.5. The maximum absolute atomic E-state index is 13.2. The van der Waals surface area contributed by atoms with Gasteiger partial charge in [-0.2, -0.15) is 0 Å². The number of amides is 1. The van der Waals surface area contributed by atoms with E-state index >= 15 is 0 Å². The van der Waals surface area contributed by atoms with Crippen molar-refractivity contribution in [3.8, 4) is 0 Å². The number of nitrogens with one attached hydrogen (secondary N) is 2. The second kappa shape index (κ2) is 6.02. The van der Waals surface area contributed by atoms with Crippen molar-refractivity contribution < 1.29 is 9.18 Å². The van der Waals surface area contributed by atoms with Crippen LogP contribution >= 0.6 is 23.2 Å². The SMILES string of the molecule is O=C(Nc1cc(Cl)cc(Cl)c1)c1cc2ccc(F)cc2[nH]c1=O. The highest BCUT2D eigenvalue weighted by Gasteiger charge is 2.13. The average molecular weight is 351 g/mol. The zero-order valence-corrected chi connectivity index (χ0v) is 13.0. The number of benzene rings is 2. The number of pyridine rings is 1. The molecule has 0 aliphatic rings. The van der Waals surface area contributed by atoms with Crippen LogP contribution in [0.15, 0.2) is 47.3 Å². The summed E-state index contributed by atoms with van der Waals surface area (Å²) in [4.78, 5) is 26.8. The first-order chi connectivity index (χ1) is 10.9. The van der Waals surface area contributed by atoms with E-state index in [1.165, 1.54) is 42.5 Å². The molecule has 0 spiro atoms. The lowest BCUT2D eigenvalue weighted by Crippen LogP contribution is -2.23. The van der Waals surface area contributed by atoms with Crippen molar-refractivity contribution in [2.24, 2.45) is 0 Å². The highest BCUT2D eigenvalue weighted by Crippen LogP contribution is 2.23. The fourth-order valence-corrected chi connectivity index (χ4v) is 2.69. The largest absolute Gasteiger partial charge is 0.322 e. The number of aromatic amines is 1. The Kier molecular flexibility index (Phi) is 4.07. The van der Waals surface area contributed by atoms with E-state index in [9.17, 15) is 14.0 Å². The van der Waals surface area contributed by atoms with Gasteiger partial charge in [-0.15, -0.1) is 0 Å². The molecule has 0 fully saturated rings. The van der Waals surface area contributed by atoms with Crippen LogP contribution in [-0.2, 0) is 0 Å². The fraction of sp³-hybridized carbons (Fsp3) is 0. The predicted molar refractivity (Wildman–Crippen MR) is 88.9 cm³/mol. The molecule has 1 heterocycles. The molecule has 23 heavy (non-hydrogen) atoms. The van der Waals surface area contributed by atoms with E-state index in [4.69, 9.17) is 23.2 Å². The van der Waals surface area contributed by atoms with Gasteiger partial charge in [0.05, 0.1) is 5.52 Å². The molecule has 3 rings (SSSR count). The molecule has 0 aliphatic carbocycles. The smallest absolute Gasteiger partial charge is 0.261 e. The summed E-state index contributed by atoms with van der Waals surface area (Å²) in [5.74, 6) is -1.09. The summed E-state index contributed by atoms with van der Waals surface area (Å²) < 4.78 is 13.2. The van der Waals surface area contributed by atoms with Crippen LogP contribution in [0.3, 0.4) is 0 Å². The molecule has 0 bridgehead atoms. The summed E-state index contributed by atoms with van der Waals surface area (Å²) in [6.45, 7) is 0. The molecular weight excluding hydrogens is 342 g/mol. The standard InChI is InChI=1S/C16H9Cl2FN2O2/c17-9-4-10(18)6-12(5-9)20-15(22)13-3-8-1-2-11(19)7-14(8)21-16(13)23/h1-7H,(H,20,22)(H,21,23). The van der Waals surface area contributed by atoms with Crippen molar-refractivity contribution in [1.82, 2.24) is 4.98 Å². The van der Waals surface area contributed by atoms with Crippen LogP contribution in [0.2, 0.25) is 10.0 Å². The fourth-order valence-electron chi connectivity index (χ4n) is 2.17. The van der Waals surface area contributed by atoms with Gasteiger partial charge in [-0.1, -0.05) is 23.2 Å². The Morgan fingerprint density at radius 3 is 2.43 bits per heavy atom. The Balaban J connectivity index is 1.99. The van der Waals surface area contributed by atoms with Crippen molar-refractivity contribution in [2.45, 2.75) is 0 Å². The van der Waals surface area contributed by atoms with Gasteiger partial charge in [-0.05, 0) is 47.9 Å². The molecule has 0 aliphatic heterocycles. The van der Waals surface area contributed by atoms with Gasteiger partial charge < -0.3 is 10.3 Å². The van der Waals surface area contributed by atoms with Gasteiger partial charge in [0.25, 0.3) is 11.5 Å². The molecule has 0 atom stereocenters. The van der Waals surface area contributed by atoms with Gasteiger partial charge in [0.1, 0.15) is 11.4 Å². The van der Waals surface area contributed by atoms with E-state index in [1.807, 2.05) is 0 Å². The number of carbonyl (C=O) groups excluding carboxylic acids is 1. The van der Waals surface area contributed by atoms with Crippen LogP contribution in [-0.4, -0.2) is 10.9 Å². The second-order valence-corrected chi connectivity index (χ2v) is 5.73. The van der Waals surface area contributed by atoms with Crippen molar-refractivity contribution in [1.29, 1.82) is 0 Å². The third kappa shape index (κ3) is 3.36. The first-order valence-corrected chi connectivity index (χ1v) is 7.28. The number of fused-ring (bicyclic) bond motifs is 1. The van der Waals surface area contributed by atoms with Gasteiger partial charge in [0.15, 0.2) is 0 Å². The average Bonchev–Trinajstić information content (AvgIpc) is 2.45. The van der Waals surface area contributed by atoms with E-state index < -0.39 is 17.3 Å². The van der Waals surface area contributed by atoms with Crippen LogP contribution in [0, 0.1) is 5.82 Å². The lowest BCUT2D eigenvalue weighted by molar-refractivity contribution is 0.102. The van der Waals surface area contributed by atoms with Crippen LogP contribution in [0.4, 0.5) is 10.1 Å². The van der Waals surface area contributed by atoms with Gasteiger partial charge in [0.2, 0.25) is 0 Å². The number of anilines is 1. The Morgan fingerprint density at radius 2 is 1.74 bits per heavy atom. The number of halogens is 3. The number of H-pyrrole nitrogens is 1. The molecule has 0 saturated carbocycles. The first kappa shape index (κ1) is 15.5. The normalized spacial score (nSPS) is 10.7. The van der Waals surface area contributed by atoms with Crippen LogP contribution < -0.4 is 10.9 Å². The maximum atomic E-state index is 13.2. The summed E-state index contributed by atoms with van der Waals surface area (Å²) >= 11 is 11.7. The summed E-state index contributed by atoms with van der Waals surface area (Å²) in [5.41, 5.74) is -0.0302. The zero-order chi connectivity index (χ0) is 16.6. The van der Waals surface area contributed by atoms with E-state index in [-0.39, 0.29) is 5.56 Å². The van der Waals surface area contributed by atoms with E-state index in [0.717, 1.165) is 0 Å². The summed E-state index contributed by atoms with van der Waals surface area (Å²) in [6, 6.07) is 9.86. The van der Waals surface area contributed by atoms with Crippen LogP contribution in [0.25, 0.3) is 10.9 Å². The zero-order valence-electron chi connectivity index (χ0n) is 11.5. The van der Waals surface area contributed by atoms with Gasteiger partial charge in [-0.3, -0.25) is 9.59 Å². The number of carbonyl (C=O) groups is 1. The second-order valence-electron chi connectivity index (χ2n) is 4.86. The third-order valence-corrected chi connectivity index (χ3v) is 3.61. The molecule has 0 unspecified atom stereocenters. The Hall–Kier alpha value is -2.37. The molecule has 4 nitrogen and oxygen atoms in total.